The van der Waals surface area contributed by atoms with Crippen LogP contribution in [0.15, 0.2) is 48.5 Å². The fourth-order valence-electron chi connectivity index (χ4n) is 2.98. The van der Waals surface area contributed by atoms with Gasteiger partial charge in [-0.15, -0.1) is 0 Å². The number of aromatic nitrogens is 2. The zero-order chi connectivity index (χ0) is 18.5. The van der Waals surface area contributed by atoms with Gasteiger partial charge in [0.2, 0.25) is 5.62 Å². The normalized spacial score (nSPS) is 10.8. The highest BCUT2D eigenvalue weighted by molar-refractivity contribution is 5.78. The SMILES string of the molecule is CCOC(=O)Cn1c(=N)n(CCOc2ccccc2C)c2ccccc21. The summed E-state index contributed by atoms with van der Waals surface area (Å²) in [6.07, 6.45) is 0. The topological polar surface area (TPSA) is 69.2 Å². The van der Waals surface area contributed by atoms with E-state index in [0.717, 1.165) is 22.3 Å². The molecule has 3 rings (SSSR count). The number of nitrogens with one attached hydrogen (secondary N) is 1. The van der Waals surface area contributed by atoms with E-state index in [4.69, 9.17) is 14.9 Å². The minimum Gasteiger partial charge on any atom is -0.491 e. The summed E-state index contributed by atoms with van der Waals surface area (Å²) >= 11 is 0. The summed E-state index contributed by atoms with van der Waals surface area (Å²) in [5.74, 6) is 0.500. The number of aryl methyl sites for hydroxylation is 1. The van der Waals surface area contributed by atoms with Crippen molar-refractivity contribution < 1.29 is 14.3 Å². The second kappa shape index (κ2) is 7.91. The lowest BCUT2D eigenvalue weighted by molar-refractivity contribution is -0.143. The molecular weight excluding hydrogens is 330 g/mol. The lowest BCUT2D eigenvalue weighted by atomic mass is 10.2. The Morgan fingerprint density at radius 1 is 1.04 bits per heavy atom. The van der Waals surface area contributed by atoms with E-state index in [1.807, 2.05) is 60.0 Å². The number of benzene rings is 2. The third kappa shape index (κ3) is 3.64. The molecule has 0 saturated heterocycles. The highest BCUT2D eigenvalue weighted by Crippen LogP contribution is 2.17. The molecule has 26 heavy (non-hydrogen) atoms. The monoisotopic (exact) mass is 353 g/mol. The summed E-state index contributed by atoms with van der Waals surface area (Å²) in [4.78, 5) is 11.9. The molecule has 1 aromatic heterocycles. The molecule has 0 saturated carbocycles. The van der Waals surface area contributed by atoms with Crippen molar-refractivity contribution in [3.05, 3.63) is 59.7 Å². The van der Waals surface area contributed by atoms with E-state index in [9.17, 15) is 4.79 Å². The Hall–Kier alpha value is -3.02. The predicted octanol–water partition coefficient (Wildman–Crippen LogP) is 2.87. The molecule has 6 nitrogen and oxygen atoms in total. The van der Waals surface area contributed by atoms with Crippen LogP contribution in [0, 0.1) is 12.3 Å². The molecule has 0 aliphatic heterocycles. The maximum absolute atomic E-state index is 11.9. The van der Waals surface area contributed by atoms with Crippen LogP contribution in [0.25, 0.3) is 11.0 Å². The van der Waals surface area contributed by atoms with Gasteiger partial charge in [0.05, 0.1) is 24.2 Å². The molecule has 0 unspecified atom stereocenters. The molecule has 0 bridgehead atoms. The first-order chi connectivity index (χ1) is 12.6. The number of rotatable bonds is 7. The van der Waals surface area contributed by atoms with Crippen LogP contribution in [-0.2, 0) is 22.6 Å². The van der Waals surface area contributed by atoms with Crippen molar-refractivity contribution in [1.82, 2.24) is 9.13 Å². The Kier molecular flexibility index (Phi) is 5.41. The Balaban J connectivity index is 1.84. The number of ether oxygens (including phenoxy) is 2. The third-order valence-electron chi connectivity index (χ3n) is 4.23. The number of hydrogen-bond donors (Lipinski definition) is 1. The van der Waals surface area contributed by atoms with Crippen LogP contribution in [0.2, 0.25) is 0 Å². The molecule has 136 valence electrons. The minimum absolute atomic E-state index is 0.0266. The molecule has 3 aromatic rings. The van der Waals surface area contributed by atoms with Crippen LogP contribution in [0.1, 0.15) is 12.5 Å². The summed E-state index contributed by atoms with van der Waals surface area (Å²) in [7, 11) is 0. The van der Waals surface area contributed by atoms with Gasteiger partial charge in [0.15, 0.2) is 0 Å². The molecule has 2 aromatic carbocycles. The molecule has 1 N–H and O–H groups in total. The Morgan fingerprint density at radius 3 is 2.38 bits per heavy atom. The zero-order valence-corrected chi connectivity index (χ0v) is 15.1. The first kappa shape index (κ1) is 17.8. The molecule has 0 spiro atoms. The largest absolute Gasteiger partial charge is 0.491 e. The molecule has 0 amide bonds. The minimum atomic E-state index is -0.343. The van der Waals surface area contributed by atoms with Gasteiger partial charge in [-0.3, -0.25) is 14.8 Å². The van der Waals surface area contributed by atoms with E-state index < -0.39 is 0 Å². The Morgan fingerprint density at radius 2 is 1.69 bits per heavy atom. The number of carbonyl (C=O) groups excluding carboxylic acids is 1. The van der Waals surface area contributed by atoms with E-state index in [2.05, 4.69) is 0 Å². The van der Waals surface area contributed by atoms with Crippen molar-refractivity contribution >= 4 is 17.0 Å². The number of nitrogens with zero attached hydrogens (tertiary/aromatic N) is 2. The first-order valence-electron chi connectivity index (χ1n) is 8.68. The molecule has 0 fully saturated rings. The Labute approximate surface area is 152 Å². The highest BCUT2D eigenvalue weighted by atomic mass is 16.5. The van der Waals surface area contributed by atoms with Crippen LogP contribution >= 0.6 is 0 Å². The number of hydrogen-bond acceptors (Lipinski definition) is 4. The van der Waals surface area contributed by atoms with Crippen molar-refractivity contribution in [3.63, 3.8) is 0 Å². The number of esters is 1. The summed E-state index contributed by atoms with van der Waals surface area (Å²) in [6.45, 7) is 5.09. The van der Waals surface area contributed by atoms with Gasteiger partial charge in [-0.1, -0.05) is 30.3 Å². The lowest BCUT2D eigenvalue weighted by Gasteiger charge is -2.10. The second-order valence-corrected chi connectivity index (χ2v) is 5.97. The summed E-state index contributed by atoms with van der Waals surface area (Å²) in [6, 6.07) is 15.5. The van der Waals surface area contributed by atoms with Crippen LogP contribution in [0.3, 0.4) is 0 Å². The van der Waals surface area contributed by atoms with Crippen LogP contribution in [0.5, 0.6) is 5.75 Å². The highest BCUT2D eigenvalue weighted by Gasteiger charge is 2.13. The summed E-state index contributed by atoms with van der Waals surface area (Å²) < 4.78 is 14.4. The van der Waals surface area contributed by atoms with Gasteiger partial charge in [-0.25, -0.2) is 0 Å². The van der Waals surface area contributed by atoms with Gasteiger partial charge in [-0.05, 0) is 37.6 Å². The number of imidazole rings is 1. The summed E-state index contributed by atoms with van der Waals surface area (Å²) in [5.41, 5.74) is 3.07. The van der Waals surface area contributed by atoms with Gasteiger partial charge in [-0.2, -0.15) is 0 Å². The van der Waals surface area contributed by atoms with Gasteiger partial charge in [0, 0.05) is 0 Å². The molecular formula is C20H23N3O3. The first-order valence-corrected chi connectivity index (χ1v) is 8.68. The van der Waals surface area contributed by atoms with Gasteiger partial charge >= 0.3 is 5.97 Å². The number of carbonyl (C=O) groups is 1. The van der Waals surface area contributed by atoms with E-state index in [-0.39, 0.29) is 18.1 Å². The van der Waals surface area contributed by atoms with Gasteiger partial charge < -0.3 is 14.0 Å². The third-order valence-corrected chi connectivity index (χ3v) is 4.23. The van der Waals surface area contributed by atoms with Gasteiger partial charge in [0.1, 0.15) is 18.9 Å². The van der Waals surface area contributed by atoms with E-state index in [1.54, 1.807) is 11.5 Å². The lowest BCUT2D eigenvalue weighted by Crippen LogP contribution is -2.29. The van der Waals surface area contributed by atoms with Crippen molar-refractivity contribution in [3.8, 4) is 5.75 Å². The fourth-order valence-corrected chi connectivity index (χ4v) is 2.98. The fraction of sp³-hybridized carbons (Fsp3) is 0.300. The quantitative estimate of drug-likeness (QED) is 0.664. The van der Waals surface area contributed by atoms with Crippen LogP contribution in [-0.4, -0.2) is 28.3 Å². The van der Waals surface area contributed by atoms with E-state index >= 15 is 0 Å². The van der Waals surface area contributed by atoms with E-state index in [1.165, 1.54) is 0 Å². The van der Waals surface area contributed by atoms with Crippen molar-refractivity contribution in [1.29, 1.82) is 5.41 Å². The Bertz CT molecular complexity index is 972. The number of fused-ring (bicyclic) bond motifs is 1. The molecule has 6 heteroatoms. The van der Waals surface area contributed by atoms with Crippen LogP contribution < -0.4 is 10.4 Å². The van der Waals surface area contributed by atoms with Crippen LogP contribution in [0.4, 0.5) is 0 Å². The van der Waals surface area contributed by atoms with Gasteiger partial charge in [0.25, 0.3) is 0 Å². The average Bonchev–Trinajstić information content (AvgIpc) is 2.89. The van der Waals surface area contributed by atoms with Crippen molar-refractivity contribution in [2.45, 2.75) is 26.9 Å². The maximum Gasteiger partial charge on any atom is 0.326 e. The molecule has 0 radical (unpaired) electrons. The molecule has 0 aliphatic carbocycles. The van der Waals surface area contributed by atoms with Crippen molar-refractivity contribution in [2.24, 2.45) is 0 Å². The zero-order valence-electron chi connectivity index (χ0n) is 15.1. The molecule has 1 heterocycles. The smallest absolute Gasteiger partial charge is 0.326 e. The molecule has 0 aliphatic rings. The number of para-hydroxylation sites is 3. The standard InChI is InChI=1S/C20H23N3O3/c1-3-25-19(24)14-23-17-10-6-5-9-16(17)22(20(23)21)12-13-26-18-11-7-4-8-15(18)2/h4-11,21H,3,12-14H2,1-2H3. The van der Waals surface area contributed by atoms with E-state index in [0.29, 0.717) is 19.8 Å². The average molecular weight is 353 g/mol. The predicted molar refractivity (Wildman–Crippen MR) is 99.1 cm³/mol. The summed E-state index contributed by atoms with van der Waals surface area (Å²) in [5, 5.41) is 8.49. The maximum atomic E-state index is 11.9. The second-order valence-electron chi connectivity index (χ2n) is 5.97. The van der Waals surface area contributed by atoms with Crippen molar-refractivity contribution in [2.75, 3.05) is 13.2 Å². The molecule has 0 atom stereocenters.